The van der Waals surface area contributed by atoms with Gasteiger partial charge in [0.25, 0.3) is 0 Å². The summed E-state index contributed by atoms with van der Waals surface area (Å²) in [5.41, 5.74) is 1.10. The third-order valence-electron chi connectivity index (χ3n) is 3.89. The van der Waals surface area contributed by atoms with Gasteiger partial charge in [-0.2, -0.15) is 0 Å². The first-order chi connectivity index (χ1) is 9.13. The molecule has 122 valence electrons. The fraction of sp³-hybridized carbons (Fsp3) is 0.643. The summed E-state index contributed by atoms with van der Waals surface area (Å²) in [5, 5.41) is 4.38. The van der Waals surface area contributed by atoms with Gasteiger partial charge in [0, 0.05) is 37.8 Å². The number of nitrogens with zero attached hydrogens (tertiary/aromatic N) is 2. The molecule has 1 unspecified atom stereocenters. The molecule has 0 aromatic carbocycles. The molecule has 7 heteroatoms. The summed E-state index contributed by atoms with van der Waals surface area (Å²) in [6.45, 7) is 8.66. The van der Waals surface area contributed by atoms with Crippen LogP contribution in [0.2, 0.25) is 10.3 Å². The molecule has 0 aliphatic carbocycles. The third-order valence-corrected chi connectivity index (χ3v) is 4.40. The number of piperazine rings is 1. The van der Waals surface area contributed by atoms with Crippen LogP contribution >= 0.6 is 48.0 Å². The molecule has 0 saturated carbocycles. The van der Waals surface area contributed by atoms with E-state index in [1.807, 2.05) is 12.1 Å². The molecule has 2 rings (SSSR count). The van der Waals surface area contributed by atoms with Gasteiger partial charge in [-0.1, -0.05) is 49.5 Å². The van der Waals surface area contributed by atoms with E-state index in [1.165, 1.54) is 0 Å². The monoisotopic (exact) mass is 373 g/mol. The lowest BCUT2D eigenvalue weighted by molar-refractivity contribution is 0.128. The topological polar surface area (TPSA) is 28.2 Å². The van der Waals surface area contributed by atoms with E-state index in [9.17, 15) is 0 Å². The van der Waals surface area contributed by atoms with Gasteiger partial charge in [0.05, 0.1) is 0 Å². The molecule has 1 aliphatic rings. The Morgan fingerprint density at radius 1 is 1.24 bits per heavy atom. The van der Waals surface area contributed by atoms with Crippen LogP contribution in [0.3, 0.4) is 0 Å². The molecule has 1 aliphatic heterocycles. The predicted octanol–water partition coefficient (Wildman–Crippen LogP) is 4.22. The highest BCUT2D eigenvalue weighted by atomic mass is 35.5. The van der Waals surface area contributed by atoms with Crippen molar-refractivity contribution >= 4 is 48.0 Å². The van der Waals surface area contributed by atoms with Crippen molar-refractivity contribution in [1.82, 2.24) is 15.2 Å². The van der Waals surface area contributed by atoms with Crippen LogP contribution < -0.4 is 5.32 Å². The third kappa shape index (κ3) is 5.42. The van der Waals surface area contributed by atoms with Gasteiger partial charge in [0.2, 0.25) is 0 Å². The fourth-order valence-corrected chi connectivity index (χ4v) is 3.15. The normalized spacial score (nSPS) is 18.3. The lowest BCUT2D eigenvalue weighted by Crippen LogP contribution is -2.46. The number of rotatable bonds is 4. The number of nitrogens with one attached hydrogen (secondary N) is 1. The molecule has 1 saturated heterocycles. The lowest BCUT2D eigenvalue weighted by atomic mass is 9.91. The molecular weight excluding hydrogens is 352 g/mol. The SMILES string of the molecule is CCC(C)[C@@H](c1ccc(Cl)nc1Cl)N1CCNCC1.Cl.Cl. The summed E-state index contributed by atoms with van der Waals surface area (Å²) in [4.78, 5) is 6.70. The van der Waals surface area contributed by atoms with Gasteiger partial charge in [0.1, 0.15) is 10.3 Å². The summed E-state index contributed by atoms with van der Waals surface area (Å²) < 4.78 is 0. The van der Waals surface area contributed by atoms with Gasteiger partial charge in [-0.15, -0.1) is 24.8 Å². The summed E-state index contributed by atoms with van der Waals surface area (Å²) in [6, 6.07) is 4.18. The zero-order valence-electron chi connectivity index (χ0n) is 12.3. The van der Waals surface area contributed by atoms with E-state index in [0.29, 0.717) is 22.3 Å². The first-order valence-electron chi connectivity index (χ1n) is 6.90. The second-order valence-electron chi connectivity index (χ2n) is 5.13. The zero-order chi connectivity index (χ0) is 13.8. The van der Waals surface area contributed by atoms with Gasteiger partial charge in [-0.3, -0.25) is 4.90 Å². The van der Waals surface area contributed by atoms with E-state index in [2.05, 4.69) is 29.0 Å². The van der Waals surface area contributed by atoms with Crippen molar-refractivity contribution in [2.75, 3.05) is 26.2 Å². The first kappa shape index (κ1) is 21.2. The minimum atomic E-state index is 0. The molecule has 1 fully saturated rings. The highest BCUT2D eigenvalue weighted by Gasteiger charge is 2.28. The Balaban J connectivity index is 0.00000200. The minimum absolute atomic E-state index is 0. The Morgan fingerprint density at radius 2 is 1.86 bits per heavy atom. The van der Waals surface area contributed by atoms with Crippen molar-refractivity contribution in [2.24, 2.45) is 5.92 Å². The van der Waals surface area contributed by atoms with E-state index < -0.39 is 0 Å². The molecule has 1 aromatic heterocycles. The Bertz CT molecular complexity index is 425. The van der Waals surface area contributed by atoms with Crippen molar-refractivity contribution in [2.45, 2.75) is 26.3 Å². The van der Waals surface area contributed by atoms with Gasteiger partial charge in [0.15, 0.2) is 0 Å². The quantitative estimate of drug-likeness (QED) is 0.799. The summed E-state index contributed by atoms with van der Waals surface area (Å²) in [7, 11) is 0. The maximum absolute atomic E-state index is 6.31. The van der Waals surface area contributed by atoms with Crippen molar-refractivity contribution in [3.63, 3.8) is 0 Å². The number of hydrogen-bond acceptors (Lipinski definition) is 3. The second-order valence-corrected chi connectivity index (χ2v) is 5.88. The zero-order valence-corrected chi connectivity index (χ0v) is 15.5. The molecule has 3 nitrogen and oxygen atoms in total. The van der Waals surface area contributed by atoms with E-state index in [0.717, 1.165) is 38.2 Å². The van der Waals surface area contributed by atoms with Crippen molar-refractivity contribution in [3.05, 3.63) is 28.0 Å². The predicted molar refractivity (Wildman–Crippen MR) is 95.4 cm³/mol. The van der Waals surface area contributed by atoms with E-state index in [-0.39, 0.29) is 24.8 Å². The van der Waals surface area contributed by atoms with E-state index in [1.54, 1.807) is 0 Å². The molecule has 0 spiro atoms. The standard InChI is InChI=1S/C14H21Cl2N3.2ClH/c1-3-10(2)13(19-8-6-17-7-9-19)11-4-5-12(15)18-14(11)16;;/h4-5,10,13,17H,3,6-9H2,1-2H3;2*1H/t10?,13-;;/m0../s1. The molecule has 0 radical (unpaired) electrons. The van der Waals surface area contributed by atoms with Gasteiger partial charge >= 0.3 is 0 Å². The van der Waals surface area contributed by atoms with E-state index in [4.69, 9.17) is 23.2 Å². The number of pyridine rings is 1. The lowest BCUT2D eigenvalue weighted by Gasteiger charge is -2.38. The Hall–Kier alpha value is 0.230. The second kappa shape index (κ2) is 10.1. The Labute approximate surface area is 149 Å². The molecule has 2 heterocycles. The maximum Gasteiger partial charge on any atom is 0.135 e. The van der Waals surface area contributed by atoms with Gasteiger partial charge < -0.3 is 5.32 Å². The van der Waals surface area contributed by atoms with Crippen LogP contribution in [0, 0.1) is 5.92 Å². The van der Waals surface area contributed by atoms with Crippen LogP contribution in [0.15, 0.2) is 12.1 Å². The molecule has 1 N–H and O–H groups in total. The average molecular weight is 375 g/mol. The van der Waals surface area contributed by atoms with Crippen molar-refractivity contribution in [3.8, 4) is 0 Å². The number of halogens is 4. The van der Waals surface area contributed by atoms with Crippen LogP contribution in [-0.4, -0.2) is 36.1 Å². The molecule has 0 bridgehead atoms. The molecule has 2 atom stereocenters. The van der Waals surface area contributed by atoms with Crippen LogP contribution in [0.5, 0.6) is 0 Å². The largest absolute Gasteiger partial charge is 0.314 e. The first-order valence-corrected chi connectivity index (χ1v) is 7.65. The van der Waals surface area contributed by atoms with Crippen LogP contribution in [-0.2, 0) is 0 Å². The van der Waals surface area contributed by atoms with Gasteiger partial charge in [-0.05, 0) is 12.0 Å². The number of hydrogen-bond donors (Lipinski definition) is 1. The van der Waals surface area contributed by atoms with Crippen LogP contribution in [0.4, 0.5) is 0 Å². The molecule has 21 heavy (non-hydrogen) atoms. The molecule has 0 amide bonds. The highest BCUT2D eigenvalue weighted by molar-refractivity contribution is 6.32. The van der Waals surface area contributed by atoms with Crippen molar-refractivity contribution in [1.29, 1.82) is 0 Å². The maximum atomic E-state index is 6.31. The van der Waals surface area contributed by atoms with Crippen LogP contribution in [0.25, 0.3) is 0 Å². The average Bonchev–Trinajstić information content (AvgIpc) is 2.42. The number of aromatic nitrogens is 1. The summed E-state index contributed by atoms with van der Waals surface area (Å²) in [5.74, 6) is 0.540. The fourth-order valence-electron chi connectivity index (χ4n) is 2.69. The Morgan fingerprint density at radius 3 is 2.38 bits per heavy atom. The van der Waals surface area contributed by atoms with Crippen molar-refractivity contribution < 1.29 is 0 Å². The Kier molecular flexibility index (Phi) is 10.2. The molecule has 1 aromatic rings. The summed E-state index contributed by atoms with van der Waals surface area (Å²) >= 11 is 12.2. The van der Waals surface area contributed by atoms with Crippen LogP contribution in [0.1, 0.15) is 31.9 Å². The highest BCUT2D eigenvalue weighted by Crippen LogP contribution is 2.34. The minimum Gasteiger partial charge on any atom is -0.314 e. The van der Waals surface area contributed by atoms with E-state index >= 15 is 0 Å². The summed E-state index contributed by atoms with van der Waals surface area (Å²) in [6.07, 6.45) is 1.12. The van der Waals surface area contributed by atoms with Gasteiger partial charge in [-0.25, -0.2) is 4.98 Å². The molecular formula is C14H23Cl4N3. The smallest absolute Gasteiger partial charge is 0.135 e.